The molecule has 1 aromatic rings. The van der Waals surface area contributed by atoms with Crippen LogP contribution in [0.4, 0.5) is 0 Å². The number of ether oxygens (including phenoxy) is 1. The third kappa shape index (κ3) is 3.88. The molecule has 1 aromatic carbocycles. The molecule has 0 aromatic heterocycles. The van der Waals surface area contributed by atoms with Crippen molar-refractivity contribution >= 4 is 11.8 Å². The van der Waals surface area contributed by atoms with Gasteiger partial charge in [-0.25, -0.2) is 0 Å². The Morgan fingerprint density at radius 2 is 1.97 bits per heavy atom. The topological polar surface area (TPSA) is 47.8 Å². The first-order valence-corrected chi connectivity index (χ1v) is 12.3. The molecule has 2 saturated carbocycles. The lowest BCUT2D eigenvalue weighted by molar-refractivity contribution is -0.908. The van der Waals surface area contributed by atoms with Crippen LogP contribution in [0.3, 0.4) is 0 Å². The minimum atomic E-state index is 0.0145. The van der Waals surface area contributed by atoms with Crippen molar-refractivity contribution in [3.8, 4) is 0 Å². The highest BCUT2D eigenvalue weighted by Gasteiger charge is 2.56. The predicted octanol–water partition coefficient (Wildman–Crippen LogP) is 3.48. The number of likely N-dealkylation sites (tertiary alicyclic amines) is 1. The summed E-state index contributed by atoms with van der Waals surface area (Å²) in [6.45, 7) is 9.60. The van der Waals surface area contributed by atoms with E-state index in [-0.39, 0.29) is 35.1 Å². The molecule has 0 unspecified atom stereocenters. The average molecular weight is 423 g/mol. The molecule has 1 N–H and O–H groups in total. The SMILES string of the molecule is C=C1CCC[C@]2(C)C[C@H]3OC(=O)[C@H](C[NH+]4CCC(C(=O)c5ccccc5)CC4)[C@H]3C[C@@H]12. The van der Waals surface area contributed by atoms with E-state index in [0.717, 1.165) is 57.3 Å². The lowest BCUT2D eigenvalue weighted by Gasteiger charge is -2.50. The fraction of sp³-hybridized carbons (Fsp3) is 0.630. The van der Waals surface area contributed by atoms with Gasteiger partial charge in [0.25, 0.3) is 0 Å². The minimum absolute atomic E-state index is 0.0145. The molecule has 166 valence electrons. The molecule has 2 aliphatic heterocycles. The van der Waals surface area contributed by atoms with Crippen molar-refractivity contribution < 1.29 is 19.2 Å². The summed E-state index contributed by atoms with van der Waals surface area (Å²) in [7, 11) is 0. The Kier molecular flexibility index (Phi) is 5.54. The molecular weight excluding hydrogens is 386 g/mol. The second kappa shape index (κ2) is 8.20. The van der Waals surface area contributed by atoms with Crippen LogP contribution in [0.15, 0.2) is 42.5 Å². The highest BCUT2D eigenvalue weighted by Crippen LogP contribution is 2.56. The van der Waals surface area contributed by atoms with Gasteiger partial charge in [-0.2, -0.15) is 0 Å². The Bertz CT molecular complexity index is 856. The number of Topliss-reactive ketones (excluding diaryl/α,β-unsaturated/α-hetero) is 1. The standard InChI is InChI=1S/C27H35NO3/c1-18-7-6-12-27(2)16-24-21(15-23(18)27)22(26(30)31-24)17-28-13-10-20(11-14-28)25(29)19-8-4-3-5-9-19/h3-5,8-9,20-24H,1,6-7,10-17H2,2H3/p+1/t21-,22-,23+,24-,27-/m1/s1. The van der Waals surface area contributed by atoms with Crippen LogP contribution in [0.2, 0.25) is 0 Å². The number of allylic oxidation sites excluding steroid dienone is 1. The number of ketones is 1. The Morgan fingerprint density at radius 1 is 1.23 bits per heavy atom. The molecule has 0 spiro atoms. The van der Waals surface area contributed by atoms with Crippen molar-refractivity contribution in [3.63, 3.8) is 0 Å². The molecule has 0 bridgehead atoms. The van der Waals surface area contributed by atoms with E-state index in [1.807, 2.05) is 30.3 Å². The molecule has 4 fully saturated rings. The summed E-state index contributed by atoms with van der Waals surface area (Å²) in [6.07, 6.45) is 7.60. The lowest BCUT2D eigenvalue weighted by Crippen LogP contribution is -3.14. The molecule has 31 heavy (non-hydrogen) atoms. The number of carbonyl (C=O) groups excluding carboxylic acids is 2. The van der Waals surface area contributed by atoms with Gasteiger partial charge in [-0.3, -0.25) is 9.59 Å². The molecule has 4 aliphatic rings. The van der Waals surface area contributed by atoms with Crippen molar-refractivity contribution in [2.75, 3.05) is 19.6 Å². The summed E-state index contributed by atoms with van der Waals surface area (Å²) < 4.78 is 5.95. The van der Waals surface area contributed by atoms with E-state index in [4.69, 9.17) is 4.74 Å². The summed E-state index contributed by atoms with van der Waals surface area (Å²) in [5.74, 6) is 1.33. The second-order valence-electron chi connectivity index (χ2n) is 10.9. The Balaban J connectivity index is 1.21. The molecule has 5 atom stereocenters. The molecule has 0 amide bonds. The molecule has 2 heterocycles. The van der Waals surface area contributed by atoms with E-state index in [1.54, 1.807) is 0 Å². The highest BCUT2D eigenvalue weighted by atomic mass is 16.6. The quantitative estimate of drug-likeness (QED) is 0.459. The number of benzene rings is 1. The number of esters is 1. The number of hydrogen-bond donors (Lipinski definition) is 1. The zero-order valence-corrected chi connectivity index (χ0v) is 18.8. The first-order chi connectivity index (χ1) is 14.9. The maximum Gasteiger partial charge on any atom is 0.315 e. The monoisotopic (exact) mass is 422 g/mol. The Labute approximate surface area is 186 Å². The van der Waals surface area contributed by atoms with Crippen molar-refractivity contribution in [1.82, 2.24) is 0 Å². The average Bonchev–Trinajstić information content (AvgIpc) is 3.06. The van der Waals surface area contributed by atoms with Crippen LogP contribution in [-0.2, 0) is 9.53 Å². The normalized spacial score (nSPS) is 40.0. The van der Waals surface area contributed by atoms with Gasteiger partial charge in [0, 0.05) is 30.2 Å². The van der Waals surface area contributed by atoms with E-state index < -0.39 is 0 Å². The zero-order valence-electron chi connectivity index (χ0n) is 18.8. The largest absolute Gasteiger partial charge is 0.462 e. The maximum absolute atomic E-state index is 12.9. The van der Waals surface area contributed by atoms with Gasteiger partial charge in [0.1, 0.15) is 12.0 Å². The van der Waals surface area contributed by atoms with Crippen LogP contribution in [0.5, 0.6) is 0 Å². The van der Waals surface area contributed by atoms with Gasteiger partial charge in [0.05, 0.1) is 19.6 Å². The molecule has 2 aliphatic carbocycles. The van der Waals surface area contributed by atoms with E-state index in [1.165, 1.54) is 23.3 Å². The lowest BCUT2D eigenvalue weighted by atomic mass is 9.55. The van der Waals surface area contributed by atoms with Crippen LogP contribution >= 0.6 is 0 Å². The van der Waals surface area contributed by atoms with Gasteiger partial charge in [-0.05, 0) is 43.4 Å². The molecular formula is C27H36NO3+. The smallest absolute Gasteiger partial charge is 0.315 e. The van der Waals surface area contributed by atoms with Gasteiger partial charge in [0.15, 0.2) is 5.78 Å². The van der Waals surface area contributed by atoms with Crippen molar-refractivity contribution in [2.24, 2.45) is 29.1 Å². The number of carbonyl (C=O) groups is 2. The van der Waals surface area contributed by atoms with E-state index in [2.05, 4.69) is 13.5 Å². The van der Waals surface area contributed by atoms with Gasteiger partial charge in [-0.15, -0.1) is 0 Å². The van der Waals surface area contributed by atoms with Crippen molar-refractivity contribution in [1.29, 1.82) is 0 Å². The summed E-state index contributed by atoms with van der Waals surface area (Å²) in [4.78, 5) is 27.1. The van der Waals surface area contributed by atoms with Crippen molar-refractivity contribution in [3.05, 3.63) is 48.0 Å². The van der Waals surface area contributed by atoms with Crippen LogP contribution < -0.4 is 4.90 Å². The van der Waals surface area contributed by atoms with Crippen LogP contribution in [0.25, 0.3) is 0 Å². The van der Waals surface area contributed by atoms with Gasteiger partial charge in [0.2, 0.25) is 0 Å². The second-order valence-corrected chi connectivity index (χ2v) is 10.9. The summed E-state index contributed by atoms with van der Waals surface area (Å²) >= 11 is 0. The van der Waals surface area contributed by atoms with Crippen LogP contribution in [0, 0.1) is 29.1 Å². The van der Waals surface area contributed by atoms with Crippen LogP contribution in [0.1, 0.15) is 62.2 Å². The Hall–Kier alpha value is -1.94. The zero-order chi connectivity index (χ0) is 21.6. The van der Waals surface area contributed by atoms with Gasteiger partial charge >= 0.3 is 5.97 Å². The number of hydrogen-bond acceptors (Lipinski definition) is 3. The van der Waals surface area contributed by atoms with E-state index in [9.17, 15) is 9.59 Å². The van der Waals surface area contributed by atoms with E-state index >= 15 is 0 Å². The van der Waals surface area contributed by atoms with Gasteiger partial charge < -0.3 is 9.64 Å². The molecule has 4 heteroatoms. The fourth-order valence-corrected chi connectivity index (χ4v) is 7.13. The summed E-state index contributed by atoms with van der Waals surface area (Å²) in [5.41, 5.74) is 2.49. The number of rotatable bonds is 4. The molecule has 4 nitrogen and oxygen atoms in total. The van der Waals surface area contributed by atoms with Gasteiger partial charge in [-0.1, -0.05) is 49.4 Å². The third-order valence-electron chi connectivity index (χ3n) is 8.95. The number of piperidine rings is 1. The van der Waals surface area contributed by atoms with E-state index in [0.29, 0.717) is 11.8 Å². The number of nitrogens with one attached hydrogen (secondary N) is 1. The minimum Gasteiger partial charge on any atom is -0.462 e. The summed E-state index contributed by atoms with van der Waals surface area (Å²) in [5, 5.41) is 0. The summed E-state index contributed by atoms with van der Waals surface area (Å²) in [6, 6.07) is 9.67. The fourth-order valence-electron chi connectivity index (χ4n) is 7.13. The first-order valence-electron chi connectivity index (χ1n) is 12.3. The van der Waals surface area contributed by atoms with Crippen molar-refractivity contribution in [2.45, 2.75) is 58.0 Å². The third-order valence-corrected chi connectivity index (χ3v) is 8.95. The first kappa shape index (κ1) is 20.9. The molecule has 2 saturated heterocycles. The molecule has 5 rings (SSSR count). The Morgan fingerprint density at radius 3 is 2.71 bits per heavy atom. The van der Waals surface area contributed by atoms with Crippen LogP contribution in [-0.4, -0.2) is 37.5 Å². The highest BCUT2D eigenvalue weighted by molar-refractivity contribution is 5.97. The maximum atomic E-state index is 12.9. The number of fused-ring (bicyclic) bond motifs is 2. The predicted molar refractivity (Wildman–Crippen MR) is 120 cm³/mol. The molecule has 0 radical (unpaired) electrons. The number of quaternary nitrogens is 1.